The lowest BCUT2D eigenvalue weighted by Gasteiger charge is -1.87. The maximum absolute atomic E-state index is 8.51. The van der Waals surface area contributed by atoms with E-state index in [4.69, 9.17) is 5.11 Å². The van der Waals surface area contributed by atoms with Gasteiger partial charge in [-0.25, -0.2) is 0 Å². The average molecular weight is 180 g/mol. The molecule has 0 saturated heterocycles. The Bertz CT molecular complexity index is 166. The zero-order chi connectivity index (χ0) is 9.78. The van der Waals surface area contributed by atoms with Crippen molar-refractivity contribution < 1.29 is 5.11 Å². The van der Waals surface area contributed by atoms with Gasteiger partial charge in [0.15, 0.2) is 0 Å². The number of hydrogen-bond donors (Lipinski definition) is 1. The Morgan fingerprint density at radius 3 is 2.15 bits per heavy atom. The Balaban J connectivity index is 3.22. The molecule has 0 aliphatic heterocycles. The van der Waals surface area contributed by atoms with Crippen LogP contribution in [0.5, 0.6) is 0 Å². The van der Waals surface area contributed by atoms with Crippen LogP contribution in [-0.2, 0) is 0 Å². The molecule has 0 amide bonds. The van der Waals surface area contributed by atoms with Crippen molar-refractivity contribution in [3.8, 4) is 0 Å². The van der Waals surface area contributed by atoms with Crippen LogP contribution >= 0.6 is 0 Å². The highest BCUT2D eigenvalue weighted by Gasteiger charge is 1.77. The molecule has 0 saturated carbocycles. The average Bonchev–Trinajstić information content (AvgIpc) is 2.16. The van der Waals surface area contributed by atoms with E-state index in [2.05, 4.69) is 36.5 Å². The Morgan fingerprint density at radius 1 is 0.923 bits per heavy atom. The van der Waals surface area contributed by atoms with Crippen molar-refractivity contribution in [2.45, 2.75) is 32.6 Å². The summed E-state index contributed by atoms with van der Waals surface area (Å²) in [5, 5.41) is 8.51. The SMILES string of the molecule is CC=CCC=CCC=CCCCO. The van der Waals surface area contributed by atoms with E-state index in [1.807, 2.05) is 6.92 Å². The normalized spacial score (nSPS) is 12.5. The first-order chi connectivity index (χ1) is 6.41. The van der Waals surface area contributed by atoms with Crippen LogP contribution in [-0.4, -0.2) is 11.7 Å². The number of aliphatic hydroxyl groups is 1. The topological polar surface area (TPSA) is 20.2 Å². The molecule has 0 aromatic heterocycles. The van der Waals surface area contributed by atoms with Crippen molar-refractivity contribution in [2.24, 2.45) is 0 Å². The molecular formula is C12H20O. The van der Waals surface area contributed by atoms with E-state index < -0.39 is 0 Å². The molecule has 0 aromatic rings. The van der Waals surface area contributed by atoms with E-state index in [1.165, 1.54) is 0 Å². The Hall–Kier alpha value is -0.820. The predicted octanol–water partition coefficient (Wildman–Crippen LogP) is 3.23. The summed E-state index contributed by atoms with van der Waals surface area (Å²) in [6.07, 6.45) is 16.7. The van der Waals surface area contributed by atoms with Crippen LogP contribution in [0.25, 0.3) is 0 Å². The molecule has 74 valence electrons. The van der Waals surface area contributed by atoms with Gasteiger partial charge in [0.25, 0.3) is 0 Å². The van der Waals surface area contributed by atoms with Gasteiger partial charge < -0.3 is 5.11 Å². The van der Waals surface area contributed by atoms with E-state index in [0.29, 0.717) is 6.61 Å². The van der Waals surface area contributed by atoms with E-state index in [-0.39, 0.29) is 0 Å². The van der Waals surface area contributed by atoms with E-state index in [9.17, 15) is 0 Å². The molecule has 0 fully saturated rings. The summed E-state index contributed by atoms with van der Waals surface area (Å²) in [5.41, 5.74) is 0. The first-order valence-corrected chi connectivity index (χ1v) is 4.93. The number of allylic oxidation sites excluding steroid dienone is 6. The number of unbranched alkanes of at least 4 members (excludes halogenated alkanes) is 1. The van der Waals surface area contributed by atoms with Gasteiger partial charge in [-0.3, -0.25) is 0 Å². The fraction of sp³-hybridized carbons (Fsp3) is 0.500. The molecule has 0 aromatic carbocycles. The third-order valence-corrected chi connectivity index (χ3v) is 1.64. The molecule has 0 aliphatic carbocycles. The lowest BCUT2D eigenvalue weighted by atomic mass is 10.2. The lowest BCUT2D eigenvalue weighted by molar-refractivity contribution is 0.289. The first-order valence-electron chi connectivity index (χ1n) is 4.93. The smallest absolute Gasteiger partial charge is 0.0433 e. The molecule has 0 spiro atoms. The molecule has 0 aliphatic rings. The van der Waals surface area contributed by atoms with Gasteiger partial charge in [-0.05, 0) is 32.6 Å². The van der Waals surface area contributed by atoms with Gasteiger partial charge in [0.2, 0.25) is 0 Å². The highest BCUT2D eigenvalue weighted by atomic mass is 16.2. The fourth-order valence-electron chi connectivity index (χ4n) is 0.909. The highest BCUT2D eigenvalue weighted by Crippen LogP contribution is 1.94. The largest absolute Gasteiger partial charge is 0.396 e. The molecular weight excluding hydrogens is 160 g/mol. The van der Waals surface area contributed by atoms with Crippen molar-refractivity contribution >= 4 is 0 Å². The van der Waals surface area contributed by atoms with Crippen LogP contribution in [0.2, 0.25) is 0 Å². The van der Waals surface area contributed by atoms with Crippen LogP contribution in [0.3, 0.4) is 0 Å². The predicted molar refractivity (Wildman–Crippen MR) is 58.6 cm³/mol. The van der Waals surface area contributed by atoms with Crippen LogP contribution in [0.15, 0.2) is 36.5 Å². The second-order valence-corrected chi connectivity index (χ2v) is 2.85. The van der Waals surface area contributed by atoms with Gasteiger partial charge in [0.1, 0.15) is 0 Å². The van der Waals surface area contributed by atoms with E-state index in [0.717, 1.165) is 25.7 Å². The molecule has 0 atom stereocenters. The van der Waals surface area contributed by atoms with Crippen molar-refractivity contribution in [3.63, 3.8) is 0 Å². The zero-order valence-electron chi connectivity index (χ0n) is 8.45. The van der Waals surface area contributed by atoms with Crippen molar-refractivity contribution in [1.82, 2.24) is 0 Å². The summed E-state index contributed by atoms with van der Waals surface area (Å²) < 4.78 is 0. The third-order valence-electron chi connectivity index (χ3n) is 1.64. The minimum atomic E-state index is 0.293. The molecule has 1 N–H and O–H groups in total. The standard InChI is InChI=1S/C12H20O/c1-2-3-4-5-6-7-8-9-10-11-12-13/h2-3,5-6,8-9,13H,4,7,10-12H2,1H3. The quantitative estimate of drug-likeness (QED) is 0.471. The number of aliphatic hydroxyl groups excluding tert-OH is 1. The van der Waals surface area contributed by atoms with Crippen LogP contribution < -0.4 is 0 Å². The molecule has 0 rings (SSSR count). The summed E-state index contributed by atoms with van der Waals surface area (Å²) in [7, 11) is 0. The summed E-state index contributed by atoms with van der Waals surface area (Å²) in [5.74, 6) is 0. The van der Waals surface area contributed by atoms with Gasteiger partial charge in [0.05, 0.1) is 0 Å². The minimum Gasteiger partial charge on any atom is -0.396 e. The summed E-state index contributed by atoms with van der Waals surface area (Å²) in [6.45, 7) is 2.32. The zero-order valence-corrected chi connectivity index (χ0v) is 8.45. The molecule has 1 heteroatoms. The minimum absolute atomic E-state index is 0.293. The Morgan fingerprint density at radius 2 is 1.54 bits per heavy atom. The Kier molecular flexibility index (Phi) is 10.5. The monoisotopic (exact) mass is 180 g/mol. The summed E-state index contributed by atoms with van der Waals surface area (Å²) >= 11 is 0. The number of rotatable bonds is 7. The summed E-state index contributed by atoms with van der Waals surface area (Å²) in [6, 6.07) is 0. The van der Waals surface area contributed by atoms with Crippen molar-refractivity contribution in [3.05, 3.63) is 36.5 Å². The van der Waals surface area contributed by atoms with Crippen LogP contribution in [0.1, 0.15) is 32.6 Å². The molecule has 13 heavy (non-hydrogen) atoms. The second kappa shape index (κ2) is 11.2. The third kappa shape index (κ3) is 11.2. The maximum atomic E-state index is 8.51. The van der Waals surface area contributed by atoms with Gasteiger partial charge in [0, 0.05) is 6.61 Å². The molecule has 0 unspecified atom stereocenters. The van der Waals surface area contributed by atoms with Crippen LogP contribution in [0, 0.1) is 0 Å². The van der Waals surface area contributed by atoms with E-state index in [1.54, 1.807) is 0 Å². The number of hydrogen-bond acceptors (Lipinski definition) is 1. The van der Waals surface area contributed by atoms with Gasteiger partial charge >= 0.3 is 0 Å². The van der Waals surface area contributed by atoms with Gasteiger partial charge in [-0.15, -0.1) is 0 Å². The van der Waals surface area contributed by atoms with Crippen molar-refractivity contribution in [2.75, 3.05) is 6.61 Å². The molecule has 0 heterocycles. The van der Waals surface area contributed by atoms with Crippen LogP contribution in [0.4, 0.5) is 0 Å². The van der Waals surface area contributed by atoms with Crippen molar-refractivity contribution in [1.29, 1.82) is 0 Å². The molecule has 1 nitrogen and oxygen atoms in total. The fourth-order valence-corrected chi connectivity index (χ4v) is 0.909. The first kappa shape index (κ1) is 12.2. The van der Waals surface area contributed by atoms with Gasteiger partial charge in [-0.2, -0.15) is 0 Å². The molecule has 0 bridgehead atoms. The molecule has 0 radical (unpaired) electrons. The van der Waals surface area contributed by atoms with Gasteiger partial charge in [-0.1, -0.05) is 36.5 Å². The summed E-state index contributed by atoms with van der Waals surface area (Å²) in [4.78, 5) is 0. The maximum Gasteiger partial charge on any atom is 0.0433 e. The lowest BCUT2D eigenvalue weighted by Crippen LogP contribution is -1.77. The highest BCUT2D eigenvalue weighted by molar-refractivity contribution is 4.96. The Labute approximate surface area is 81.5 Å². The van der Waals surface area contributed by atoms with E-state index >= 15 is 0 Å². The second-order valence-electron chi connectivity index (χ2n) is 2.85.